The SMILES string of the molecule is C#CCCCCOc1cc(C(=O)OCCC)cc(OCCCCC#CC(C#C)CCCOc2cc(C(=O)O)cc(OCCCCC#C)c2OCCCCC#C)c1OCCCCC#C. The lowest BCUT2D eigenvalue weighted by atomic mass is 10.0. The normalized spacial score (nSPS) is 10.5. The molecule has 1 atom stereocenters. The number of hydrogen-bond acceptors (Lipinski definition) is 9. The first-order chi connectivity index (χ1) is 30.8. The van der Waals surface area contributed by atoms with Gasteiger partial charge in [0.05, 0.1) is 63.3 Å². The topological polar surface area (TPSA) is 119 Å². The molecule has 0 aliphatic rings. The number of terminal acetylenes is 5. The summed E-state index contributed by atoms with van der Waals surface area (Å²) in [5.41, 5.74) is 0.327. The summed E-state index contributed by atoms with van der Waals surface area (Å²) in [7, 11) is 0. The van der Waals surface area contributed by atoms with Crippen LogP contribution < -0.4 is 28.4 Å². The zero-order valence-electron chi connectivity index (χ0n) is 37.1. The molecule has 0 radical (unpaired) electrons. The number of hydrogen-bond donors (Lipinski definition) is 1. The molecule has 336 valence electrons. The Kier molecular flexibility index (Phi) is 28.6. The van der Waals surface area contributed by atoms with Crippen LogP contribution in [-0.2, 0) is 4.74 Å². The highest BCUT2D eigenvalue weighted by Crippen LogP contribution is 2.41. The summed E-state index contributed by atoms with van der Waals surface area (Å²) >= 11 is 0. The summed E-state index contributed by atoms with van der Waals surface area (Å²) in [4.78, 5) is 24.9. The van der Waals surface area contributed by atoms with Gasteiger partial charge in [0.15, 0.2) is 23.0 Å². The number of unbranched alkanes of at least 4 members (excludes halogenated alkanes) is 10. The molecule has 2 aromatic rings. The molecule has 0 fully saturated rings. The fourth-order valence-electron chi connectivity index (χ4n) is 5.78. The molecule has 0 saturated carbocycles. The van der Waals surface area contributed by atoms with Crippen LogP contribution in [-0.4, -0.2) is 63.3 Å². The number of carbonyl (C=O) groups is 2. The highest BCUT2D eigenvalue weighted by atomic mass is 16.6. The zero-order chi connectivity index (χ0) is 45.8. The molecule has 10 heteroatoms. The maximum atomic E-state index is 12.9. The van der Waals surface area contributed by atoms with Gasteiger partial charge in [-0.1, -0.05) is 18.8 Å². The number of esters is 1. The largest absolute Gasteiger partial charge is 0.490 e. The Morgan fingerprint density at radius 3 is 1.29 bits per heavy atom. The lowest BCUT2D eigenvalue weighted by Crippen LogP contribution is -2.10. The predicted octanol–water partition coefficient (Wildman–Crippen LogP) is 10.3. The third kappa shape index (κ3) is 22.3. The van der Waals surface area contributed by atoms with Crippen molar-refractivity contribution in [1.29, 1.82) is 0 Å². The van der Waals surface area contributed by atoms with Crippen molar-refractivity contribution in [1.82, 2.24) is 0 Å². The van der Waals surface area contributed by atoms with Crippen LogP contribution in [0.25, 0.3) is 0 Å². The van der Waals surface area contributed by atoms with Crippen LogP contribution >= 0.6 is 0 Å². The second-order valence-corrected chi connectivity index (χ2v) is 14.4. The van der Waals surface area contributed by atoms with Crippen LogP contribution in [0.1, 0.15) is 143 Å². The Hall–Kier alpha value is -6.46. The van der Waals surface area contributed by atoms with Crippen molar-refractivity contribution in [3.8, 4) is 108 Å². The van der Waals surface area contributed by atoms with E-state index in [1.54, 1.807) is 12.1 Å². The lowest BCUT2D eigenvalue weighted by Gasteiger charge is -2.18. The van der Waals surface area contributed by atoms with E-state index in [4.69, 9.17) is 65.3 Å². The van der Waals surface area contributed by atoms with Gasteiger partial charge in [-0.3, -0.25) is 0 Å². The molecular formula is C53H64O10. The van der Waals surface area contributed by atoms with Gasteiger partial charge in [-0.05, 0) is 108 Å². The van der Waals surface area contributed by atoms with E-state index in [-0.39, 0.29) is 23.8 Å². The van der Waals surface area contributed by atoms with Gasteiger partial charge in [0.2, 0.25) is 11.5 Å². The predicted molar refractivity (Wildman–Crippen MR) is 247 cm³/mol. The smallest absolute Gasteiger partial charge is 0.338 e. The van der Waals surface area contributed by atoms with Gasteiger partial charge in [-0.25, -0.2) is 9.59 Å². The minimum atomic E-state index is -1.12. The van der Waals surface area contributed by atoms with Crippen LogP contribution in [0.15, 0.2) is 24.3 Å². The molecule has 2 aromatic carbocycles. The molecule has 0 amide bonds. The second-order valence-electron chi connectivity index (χ2n) is 14.4. The maximum Gasteiger partial charge on any atom is 0.338 e. The Balaban J connectivity index is 2.05. The monoisotopic (exact) mass is 860 g/mol. The Morgan fingerprint density at radius 1 is 0.524 bits per heavy atom. The van der Waals surface area contributed by atoms with Crippen molar-refractivity contribution >= 4 is 11.9 Å². The summed E-state index contributed by atoms with van der Waals surface area (Å²) in [6, 6.07) is 6.16. The molecule has 0 saturated heterocycles. The van der Waals surface area contributed by atoms with Gasteiger partial charge in [0, 0.05) is 32.1 Å². The Labute approximate surface area is 376 Å². The van der Waals surface area contributed by atoms with E-state index < -0.39 is 11.9 Å². The summed E-state index contributed by atoms with van der Waals surface area (Å²) in [5, 5.41) is 9.82. The van der Waals surface area contributed by atoms with Gasteiger partial charge in [0.25, 0.3) is 0 Å². The van der Waals surface area contributed by atoms with E-state index in [1.165, 1.54) is 12.1 Å². The Bertz CT molecular complexity index is 1950. The number of rotatable bonds is 34. The summed E-state index contributed by atoms with van der Waals surface area (Å²) in [5.74, 6) is 19.9. The first kappa shape index (κ1) is 52.7. The average Bonchev–Trinajstić information content (AvgIpc) is 3.28. The standard InChI is InChI=1S/C53H64O10/c1-7-13-17-24-33-57-46-39-44(52(54)55)40-47(50(46)61-36-26-19-15-9-3)60-38-29-31-43(12-6)30-23-21-22-28-35-59-49-42-45(53(56)63-32-11-5)41-48(58-34-25-18-14-8-2)51(49)62-37-27-20-16-10-4/h1-4,6,39-43H,11,13-22,24-29,31-38H2,5H3,(H,54,55). The molecule has 0 aromatic heterocycles. The van der Waals surface area contributed by atoms with Gasteiger partial charge in [0.1, 0.15) is 0 Å². The van der Waals surface area contributed by atoms with E-state index >= 15 is 0 Å². The second kappa shape index (κ2) is 34.2. The summed E-state index contributed by atoms with van der Waals surface area (Å²) < 4.78 is 42.1. The molecule has 0 aliphatic carbocycles. The Morgan fingerprint density at radius 2 is 0.905 bits per heavy atom. The first-order valence-electron chi connectivity index (χ1n) is 22.0. The molecule has 0 heterocycles. The van der Waals surface area contributed by atoms with Crippen molar-refractivity contribution in [3.63, 3.8) is 0 Å². The van der Waals surface area contributed by atoms with Crippen LogP contribution in [0.3, 0.4) is 0 Å². The van der Waals surface area contributed by atoms with Crippen molar-refractivity contribution < 1.29 is 47.9 Å². The van der Waals surface area contributed by atoms with Crippen LogP contribution in [0.4, 0.5) is 0 Å². The maximum absolute atomic E-state index is 12.9. The number of ether oxygens (including phenoxy) is 7. The van der Waals surface area contributed by atoms with Crippen LogP contribution in [0.2, 0.25) is 0 Å². The molecular weight excluding hydrogens is 797 g/mol. The molecule has 1 unspecified atom stereocenters. The minimum Gasteiger partial charge on any atom is -0.490 e. The summed E-state index contributed by atoms with van der Waals surface area (Å²) in [6.45, 7) is 4.31. The number of aromatic carboxylic acids is 1. The third-order valence-corrected chi connectivity index (χ3v) is 9.16. The fourth-order valence-corrected chi connectivity index (χ4v) is 5.78. The van der Waals surface area contributed by atoms with Crippen LogP contribution in [0.5, 0.6) is 34.5 Å². The molecule has 1 N–H and O–H groups in total. The minimum absolute atomic E-state index is 0.0177. The van der Waals surface area contributed by atoms with Crippen LogP contribution in [0, 0.1) is 79.5 Å². The molecule has 0 spiro atoms. The van der Waals surface area contributed by atoms with E-state index in [0.29, 0.717) is 145 Å². The average molecular weight is 861 g/mol. The quantitative estimate of drug-likeness (QED) is 0.0414. The molecule has 2 rings (SSSR count). The van der Waals surface area contributed by atoms with Gasteiger partial charge in [-0.15, -0.1) is 61.7 Å². The van der Waals surface area contributed by atoms with Crippen molar-refractivity contribution in [2.24, 2.45) is 5.92 Å². The molecule has 0 aliphatic heterocycles. The fraction of sp³-hybridized carbons (Fsp3) is 0.509. The van der Waals surface area contributed by atoms with Gasteiger partial charge in [-0.2, -0.15) is 0 Å². The van der Waals surface area contributed by atoms with E-state index in [0.717, 1.165) is 44.9 Å². The van der Waals surface area contributed by atoms with Crippen molar-refractivity contribution in [3.05, 3.63) is 35.4 Å². The summed E-state index contributed by atoms with van der Waals surface area (Å²) in [6.07, 6.45) is 39.9. The van der Waals surface area contributed by atoms with E-state index in [2.05, 4.69) is 41.4 Å². The lowest BCUT2D eigenvalue weighted by molar-refractivity contribution is 0.0503. The van der Waals surface area contributed by atoms with E-state index in [1.807, 2.05) is 6.92 Å². The number of carbonyl (C=O) groups excluding carboxylic acids is 1. The highest BCUT2D eigenvalue weighted by molar-refractivity contribution is 5.91. The molecule has 0 bridgehead atoms. The number of benzene rings is 2. The van der Waals surface area contributed by atoms with E-state index in [9.17, 15) is 14.7 Å². The number of carboxylic acid groups (broad SMARTS) is 1. The molecule has 63 heavy (non-hydrogen) atoms. The van der Waals surface area contributed by atoms with Gasteiger partial charge < -0.3 is 38.3 Å². The highest BCUT2D eigenvalue weighted by Gasteiger charge is 2.21. The third-order valence-electron chi connectivity index (χ3n) is 9.16. The van der Waals surface area contributed by atoms with Crippen molar-refractivity contribution in [2.45, 2.75) is 122 Å². The molecule has 10 nitrogen and oxygen atoms in total. The van der Waals surface area contributed by atoms with Crippen molar-refractivity contribution in [2.75, 3.05) is 46.2 Å². The zero-order valence-corrected chi connectivity index (χ0v) is 37.1. The first-order valence-corrected chi connectivity index (χ1v) is 22.0. The van der Waals surface area contributed by atoms with Gasteiger partial charge >= 0.3 is 11.9 Å². The number of carboxylic acids is 1.